The lowest BCUT2D eigenvalue weighted by molar-refractivity contribution is -0.143. The maximum atomic E-state index is 12.3. The van der Waals surface area contributed by atoms with Gasteiger partial charge in [-0.25, -0.2) is 0 Å². The largest absolute Gasteiger partial charge is 0.497 e. The minimum Gasteiger partial charge on any atom is -0.497 e. The van der Waals surface area contributed by atoms with Gasteiger partial charge in [0.2, 0.25) is 0 Å². The summed E-state index contributed by atoms with van der Waals surface area (Å²) >= 11 is 1.51. The SMILES string of the molecule is COc1ccc2[nH]cc([C@H](C(=O)O)N3CCN(c4nsc5ccccc45)CC3)c2c1. The maximum Gasteiger partial charge on any atom is 0.325 e. The molecule has 1 aliphatic rings. The van der Waals surface area contributed by atoms with E-state index >= 15 is 0 Å². The van der Waals surface area contributed by atoms with Crippen molar-refractivity contribution in [3.63, 3.8) is 0 Å². The van der Waals surface area contributed by atoms with Crippen molar-refractivity contribution < 1.29 is 14.6 Å². The van der Waals surface area contributed by atoms with Gasteiger partial charge in [-0.3, -0.25) is 9.69 Å². The topological polar surface area (TPSA) is 81.7 Å². The van der Waals surface area contributed by atoms with E-state index in [4.69, 9.17) is 4.74 Å². The lowest BCUT2D eigenvalue weighted by atomic mass is 10.0. The molecule has 0 spiro atoms. The predicted octanol–water partition coefficient (Wildman–Crippen LogP) is 3.73. The van der Waals surface area contributed by atoms with Crippen LogP contribution in [0, 0.1) is 0 Å². The van der Waals surface area contributed by atoms with Crippen molar-refractivity contribution in [1.82, 2.24) is 14.3 Å². The van der Waals surface area contributed by atoms with E-state index in [-0.39, 0.29) is 0 Å². The van der Waals surface area contributed by atoms with Crippen LogP contribution in [0.4, 0.5) is 5.82 Å². The number of methoxy groups -OCH3 is 1. The standard InChI is InChI=1S/C22H22N4O3S/c1-29-14-6-7-18-16(12-14)17(13-23-18)20(22(27)28)25-8-10-26(11-9-25)21-15-4-2-3-5-19(15)30-24-21/h2-7,12-13,20,23H,8-11H2,1H3,(H,27,28)/t20-/m1/s1. The average molecular weight is 423 g/mol. The summed E-state index contributed by atoms with van der Waals surface area (Å²) in [6.07, 6.45) is 1.81. The summed E-state index contributed by atoms with van der Waals surface area (Å²) in [6, 6.07) is 13.2. The first kappa shape index (κ1) is 18.9. The molecule has 1 aliphatic heterocycles. The molecule has 0 bridgehead atoms. The van der Waals surface area contributed by atoms with E-state index < -0.39 is 12.0 Å². The Hall–Kier alpha value is -3.10. The van der Waals surface area contributed by atoms with E-state index in [0.717, 1.165) is 40.8 Å². The highest BCUT2D eigenvalue weighted by molar-refractivity contribution is 7.13. The van der Waals surface area contributed by atoms with Gasteiger partial charge in [-0.1, -0.05) is 12.1 Å². The number of aromatic nitrogens is 2. The van der Waals surface area contributed by atoms with Gasteiger partial charge in [0.05, 0.1) is 11.8 Å². The highest BCUT2D eigenvalue weighted by atomic mass is 32.1. The minimum absolute atomic E-state index is 0.652. The molecule has 2 aromatic carbocycles. The van der Waals surface area contributed by atoms with Gasteiger partial charge in [-0.05, 0) is 41.9 Å². The number of fused-ring (bicyclic) bond motifs is 2. The number of aromatic amines is 1. The molecular weight excluding hydrogens is 400 g/mol. The number of aliphatic carboxylic acids is 1. The monoisotopic (exact) mass is 422 g/mol. The Morgan fingerprint density at radius 3 is 2.73 bits per heavy atom. The number of carbonyl (C=O) groups is 1. The summed E-state index contributed by atoms with van der Waals surface area (Å²) in [5.74, 6) is 0.873. The third-order valence-electron chi connectivity index (χ3n) is 5.79. The minimum atomic E-state index is -0.841. The number of hydrogen-bond acceptors (Lipinski definition) is 6. The fraction of sp³-hybridized carbons (Fsp3) is 0.273. The lowest BCUT2D eigenvalue weighted by Crippen LogP contribution is -2.49. The number of rotatable bonds is 5. The van der Waals surface area contributed by atoms with E-state index in [1.807, 2.05) is 41.4 Å². The van der Waals surface area contributed by atoms with Crippen molar-refractivity contribution in [3.05, 3.63) is 54.2 Å². The zero-order chi connectivity index (χ0) is 20.7. The number of carboxylic acid groups (broad SMARTS) is 1. The first-order valence-electron chi connectivity index (χ1n) is 9.87. The van der Waals surface area contributed by atoms with Crippen LogP contribution < -0.4 is 9.64 Å². The van der Waals surface area contributed by atoms with Crippen LogP contribution in [0.15, 0.2) is 48.7 Å². The van der Waals surface area contributed by atoms with Gasteiger partial charge in [0, 0.05) is 54.2 Å². The highest BCUT2D eigenvalue weighted by Crippen LogP contribution is 2.34. The van der Waals surface area contributed by atoms with E-state index in [2.05, 4.69) is 26.4 Å². The Balaban J connectivity index is 1.40. The Bertz CT molecular complexity index is 1210. The third kappa shape index (κ3) is 3.18. The first-order valence-corrected chi connectivity index (χ1v) is 10.6. The fourth-order valence-electron chi connectivity index (χ4n) is 4.25. The molecule has 0 saturated carbocycles. The molecular formula is C22H22N4O3S. The van der Waals surface area contributed by atoms with Crippen molar-refractivity contribution in [2.45, 2.75) is 6.04 Å². The second-order valence-electron chi connectivity index (χ2n) is 7.42. The van der Waals surface area contributed by atoms with Gasteiger partial charge >= 0.3 is 5.97 Å². The molecule has 154 valence electrons. The molecule has 4 aromatic rings. The Morgan fingerprint density at radius 2 is 1.97 bits per heavy atom. The smallest absolute Gasteiger partial charge is 0.325 e. The molecule has 0 aliphatic carbocycles. The maximum absolute atomic E-state index is 12.3. The summed E-state index contributed by atoms with van der Waals surface area (Å²) in [6.45, 7) is 2.78. The van der Waals surface area contributed by atoms with Crippen LogP contribution in [-0.2, 0) is 4.79 Å². The number of piperazine rings is 1. The van der Waals surface area contributed by atoms with Gasteiger partial charge in [-0.2, -0.15) is 4.37 Å². The van der Waals surface area contributed by atoms with Gasteiger partial charge in [0.25, 0.3) is 0 Å². The molecule has 1 saturated heterocycles. The number of anilines is 1. The van der Waals surface area contributed by atoms with Crippen molar-refractivity contribution in [2.24, 2.45) is 0 Å². The average Bonchev–Trinajstić information content (AvgIpc) is 3.38. The molecule has 2 aromatic heterocycles. The number of ether oxygens (including phenoxy) is 1. The molecule has 0 amide bonds. The summed E-state index contributed by atoms with van der Waals surface area (Å²) in [5, 5.41) is 12.1. The summed E-state index contributed by atoms with van der Waals surface area (Å²) < 4.78 is 11.2. The Labute approximate surface area is 177 Å². The molecule has 1 atom stereocenters. The van der Waals surface area contributed by atoms with E-state index in [0.29, 0.717) is 18.8 Å². The van der Waals surface area contributed by atoms with Gasteiger partial charge in [-0.15, -0.1) is 0 Å². The molecule has 1 fully saturated rings. The Morgan fingerprint density at radius 1 is 1.17 bits per heavy atom. The summed E-state index contributed by atoms with van der Waals surface area (Å²) in [5.41, 5.74) is 1.67. The highest BCUT2D eigenvalue weighted by Gasteiger charge is 2.33. The number of benzene rings is 2. The van der Waals surface area contributed by atoms with Crippen LogP contribution in [0.1, 0.15) is 11.6 Å². The van der Waals surface area contributed by atoms with Crippen LogP contribution in [0.5, 0.6) is 5.75 Å². The fourth-order valence-corrected chi connectivity index (χ4v) is 5.05. The zero-order valence-electron chi connectivity index (χ0n) is 16.5. The third-order valence-corrected chi connectivity index (χ3v) is 6.60. The van der Waals surface area contributed by atoms with Crippen LogP contribution in [0.2, 0.25) is 0 Å². The second kappa shape index (κ2) is 7.62. The Kier molecular flexibility index (Phi) is 4.80. The van der Waals surface area contributed by atoms with Crippen LogP contribution in [-0.4, -0.2) is 58.6 Å². The van der Waals surface area contributed by atoms with E-state index in [1.54, 1.807) is 7.11 Å². The number of hydrogen-bond donors (Lipinski definition) is 2. The second-order valence-corrected chi connectivity index (χ2v) is 8.23. The molecule has 5 rings (SSSR count). The first-order chi connectivity index (χ1) is 14.7. The van der Waals surface area contributed by atoms with Crippen molar-refractivity contribution in [3.8, 4) is 5.75 Å². The van der Waals surface area contributed by atoms with Gasteiger partial charge < -0.3 is 19.7 Å². The lowest BCUT2D eigenvalue weighted by Gasteiger charge is -2.38. The van der Waals surface area contributed by atoms with Gasteiger partial charge in [0.15, 0.2) is 0 Å². The number of nitrogens with zero attached hydrogens (tertiary/aromatic N) is 3. The quantitative estimate of drug-likeness (QED) is 0.510. The number of H-pyrrole nitrogens is 1. The van der Waals surface area contributed by atoms with Gasteiger partial charge in [0.1, 0.15) is 17.6 Å². The van der Waals surface area contributed by atoms with E-state index in [9.17, 15) is 9.90 Å². The zero-order valence-corrected chi connectivity index (χ0v) is 17.4. The molecule has 30 heavy (non-hydrogen) atoms. The molecule has 8 heteroatoms. The van der Waals surface area contributed by atoms with E-state index in [1.165, 1.54) is 16.2 Å². The number of nitrogens with one attached hydrogen (secondary N) is 1. The molecule has 3 heterocycles. The normalized spacial score (nSPS) is 16.2. The molecule has 7 nitrogen and oxygen atoms in total. The summed E-state index contributed by atoms with van der Waals surface area (Å²) in [4.78, 5) is 19.8. The molecule has 2 N–H and O–H groups in total. The van der Waals surface area contributed by atoms with Crippen molar-refractivity contribution in [2.75, 3.05) is 38.2 Å². The van der Waals surface area contributed by atoms with Crippen molar-refractivity contribution >= 4 is 44.3 Å². The van der Waals surface area contributed by atoms with Crippen LogP contribution >= 0.6 is 11.5 Å². The molecule has 0 unspecified atom stereocenters. The van der Waals surface area contributed by atoms with Crippen LogP contribution in [0.25, 0.3) is 21.0 Å². The molecule has 0 radical (unpaired) electrons. The van der Waals surface area contributed by atoms with Crippen molar-refractivity contribution in [1.29, 1.82) is 0 Å². The summed E-state index contributed by atoms with van der Waals surface area (Å²) in [7, 11) is 1.61. The van der Waals surface area contributed by atoms with Crippen LogP contribution in [0.3, 0.4) is 0 Å². The predicted molar refractivity (Wildman–Crippen MR) is 119 cm³/mol. The number of carboxylic acids is 1.